The van der Waals surface area contributed by atoms with Crippen LogP contribution in [0.1, 0.15) is 310 Å². The second-order valence-electron chi connectivity index (χ2n) is 23.6. The highest BCUT2D eigenvalue weighted by molar-refractivity contribution is 7.45. The lowest BCUT2D eigenvalue weighted by atomic mass is 10.0. The largest absolute Gasteiger partial charge is 0.756 e. The lowest BCUT2D eigenvalue weighted by molar-refractivity contribution is -0.870. The minimum Gasteiger partial charge on any atom is -0.756 e. The smallest absolute Gasteiger partial charge is 0.306 e. The molecule has 0 radical (unpaired) electrons. The first kappa shape index (κ1) is 75.7. The molecule has 1 N–H and O–H groups in total. The standard InChI is InChI=1S/C68H127N2O7P/c1-7-10-13-16-19-22-25-28-30-32-34-35-37-38-40-42-45-48-51-54-57-60-67(71)69-65(64-76-78(73,74)75-63-62-70(4,5)6)66(59-56-53-50-47-44-27-24-21-18-15-12-9-3)77-68(72)61-58-55-52-49-46-43-41-39-36-33-31-29-26-23-20-17-14-11-8-2/h19,22,28-31,34-35,56,59,65-66H,7-18,20-21,23-27,32-33,36-55,57-58,60-64H2,1-6H3,(H-,69,71,73,74)/b22-19-,30-28-,31-29+,35-34-,59-56+. The van der Waals surface area contributed by atoms with Crippen LogP contribution in [0.4, 0.5) is 0 Å². The third-order valence-electron chi connectivity index (χ3n) is 14.7. The van der Waals surface area contributed by atoms with Gasteiger partial charge in [-0.2, -0.15) is 0 Å². The zero-order valence-electron chi connectivity index (χ0n) is 52.1. The molecule has 0 fully saturated rings. The molecule has 0 saturated heterocycles. The average molecular weight is 1120 g/mol. The molecule has 0 bridgehead atoms. The van der Waals surface area contributed by atoms with Crippen LogP contribution in [0.2, 0.25) is 0 Å². The normalized spacial score (nSPS) is 14.0. The quantitative estimate of drug-likeness (QED) is 0.0212. The molecule has 0 spiro atoms. The van der Waals surface area contributed by atoms with Crippen LogP contribution in [0, 0.1) is 0 Å². The Hall–Kier alpha value is -2.29. The van der Waals surface area contributed by atoms with Gasteiger partial charge in [0.05, 0.1) is 33.8 Å². The number of phosphoric ester groups is 1. The fourth-order valence-corrected chi connectivity index (χ4v) is 10.2. The number of nitrogens with zero attached hydrogens (tertiary/aromatic N) is 1. The molecule has 0 aromatic carbocycles. The van der Waals surface area contributed by atoms with E-state index in [1.54, 1.807) is 0 Å². The highest BCUT2D eigenvalue weighted by Crippen LogP contribution is 2.38. The summed E-state index contributed by atoms with van der Waals surface area (Å²) in [6.07, 6.45) is 73.2. The molecule has 0 saturated carbocycles. The summed E-state index contributed by atoms with van der Waals surface area (Å²) >= 11 is 0. The highest BCUT2D eigenvalue weighted by atomic mass is 31.2. The molecule has 0 aliphatic rings. The molecule has 10 heteroatoms. The van der Waals surface area contributed by atoms with E-state index >= 15 is 0 Å². The summed E-state index contributed by atoms with van der Waals surface area (Å²) in [5, 5.41) is 3.03. The molecule has 78 heavy (non-hydrogen) atoms. The maximum absolute atomic E-state index is 13.6. The van der Waals surface area contributed by atoms with Gasteiger partial charge in [-0.25, -0.2) is 0 Å². The van der Waals surface area contributed by atoms with Crippen LogP contribution in [-0.4, -0.2) is 69.4 Å². The third-order valence-corrected chi connectivity index (χ3v) is 15.6. The van der Waals surface area contributed by atoms with Gasteiger partial charge in [0, 0.05) is 12.8 Å². The van der Waals surface area contributed by atoms with Crippen molar-refractivity contribution in [1.82, 2.24) is 5.32 Å². The van der Waals surface area contributed by atoms with E-state index in [9.17, 15) is 19.0 Å². The van der Waals surface area contributed by atoms with E-state index < -0.39 is 26.6 Å². The topological polar surface area (TPSA) is 114 Å². The lowest BCUT2D eigenvalue weighted by Gasteiger charge is -2.30. The van der Waals surface area contributed by atoms with Crippen LogP contribution >= 0.6 is 7.82 Å². The summed E-state index contributed by atoms with van der Waals surface area (Å²) < 4.78 is 30.4. The minimum absolute atomic E-state index is 0.0248. The van der Waals surface area contributed by atoms with Crippen molar-refractivity contribution in [3.05, 3.63) is 60.8 Å². The van der Waals surface area contributed by atoms with Crippen molar-refractivity contribution in [2.24, 2.45) is 0 Å². The number of unbranched alkanes of at least 4 members (excludes halogenated alkanes) is 36. The van der Waals surface area contributed by atoms with Crippen LogP contribution in [0.15, 0.2) is 60.8 Å². The number of hydrogen-bond acceptors (Lipinski definition) is 7. The van der Waals surface area contributed by atoms with Gasteiger partial charge < -0.3 is 28.5 Å². The Labute approximate surface area is 483 Å². The van der Waals surface area contributed by atoms with Crippen LogP contribution in [0.3, 0.4) is 0 Å². The van der Waals surface area contributed by atoms with E-state index in [1.165, 1.54) is 193 Å². The van der Waals surface area contributed by atoms with Gasteiger partial charge in [0.15, 0.2) is 0 Å². The second-order valence-corrected chi connectivity index (χ2v) is 25.0. The van der Waals surface area contributed by atoms with Crippen LogP contribution in [-0.2, 0) is 27.9 Å². The highest BCUT2D eigenvalue weighted by Gasteiger charge is 2.27. The molecule has 1 amide bonds. The summed E-state index contributed by atoms with van der Waals surface area (Å²) in [6, 6.07) is -0.894. The number of esters is 1. The van der Waals surface area contributed by atoms with Gasteiger partial charge in [0.1, 0.15) is 19.3 Å². The van der Waals surface area contributed by atoms with E-state index in [1.807, 2.05) is 33.3 Å². The number of amides is 1. The molecule has 456 valence electrons. The lowest BCUT2D eigenvalue weighted by Crippen LogP contribution is -2.47. The van der Waals surface area contributed by atoms with Crippen LogP contribution < -0.4 is 10.2 Å². The van der Waals surface area contributed by atoms with Crippen LogP contribution in [0.5, 0.6) is 0 Å². The first-order valence-corrected chi connectivity index (χ1v) is 34.6. The third kappa shape index (κ3) is 58.4. The van der Waals surface area contributed by atoms with Gasteiger partial charge in [0.2, 0.25) is 5.91 Å². The fourth-order valence-electron chi connectivity index (χ4n) is 9.52. The SMILES string of the molecule is CCCCC/C=C\C/C=C\C/C=C\CCCCCCCCCCC(=O)NC(COP(=O)([O-])OCC[N+](C)(C)C)C(/C=C/CCCCCCCCCCCC)OC(=O)CCCCCCCCCCC/C=C/CCCCCCCC. The van der Waals surface area contributed by atoms with Crippen LogP contribution in [0.25, 0.3) is 0 Å². The van der Waals surface area contributed by atoms with E-state index in [2.05, 4.69) is 74.7 Å². The maximum atomic E-state index is 13.6. The Morgan fingerprint density at radius 2 is 0.782 bits per heavy atom. The van der Waals surface area contributed by atoms with Gasteiger partial charge >= 0.3 is 5.97 Å². The Bertz CT molecular complexity index is 1520. The van der Waals surface area contributed by atoms with E-state index in [4.69, 9.17) is 13.8 Å². The number of nitrogens with one attached hydrogen (secondary N) is 1. The zero-order valence-corrected chi connectivity index (χ0v) is 53.0. The van der Waals surface area contributed by atoms with Crippen molar-refractivity contribution in [3.8, 4) is 0 Å². The predicted octanol–water partition coefficient (Wildman–Crippen LogP) is 20.0. The Morgan fingerprint density at radius 1 is 0.449 bits per heavy atom. The molecule has 0 rings (SSSR count). The van der Waals surface area contributed by atoms with Crippen molar-refractivity contribution < 1.29 is 37.3 Å². The predicted molar refractivity (Wildman–Crippen MR) is 335 cm³/mol. The molecule has 0 aliphatic heterocycles. The number of carbonyl (C=O) groups excluding carboxylic acids is 2. The average Bonchev–Trinajstić information content (AvgIpc) is 3.40. The minimum atomic E-state index is -4.70. The van der Waals surface area contributed by atoms with Crippen molar-refractivity contribution in [2.45, 2.75) is 322 Å². The number of likely N-dealkylation sites (N-methyl/N-ethyl adjacent to an activating group) is 1. The number of carbonyl (C=O) groups is 2. The summed E-state index contributed by atoms with van der Waals surface area (Å²) in [6.45, 7) is 6.83. The van der Waals surface area contributed by atoms with Gasteiger partial charge in [-0.1, -0.05) is 262 Å². The first-order chi connectivity index (χ1) is 37.9. The summed E-state index contributed by atoms with van der Waals surface area (Å²) in [7, 11) is 1.18. The second kappa shape index (κ2) is 57.9. The molecule has 0 aliphatic carbocycles. The Balaban J connectivity index is 5.19. The number of hydrogen-bond donors (Lipinski definition) is 1. The van der Waals surface area contributed by atoms with Crippen molar-refractivity contribution >= 4 is 19.7 Å². The number of quaternary nitrogens is 1. The monoisotopic (exact) mass is 1110 g/mol. The maximum Gasteiger partial charge on any atom is 0.306 e. The summed E-state index contributed by atoms with van der Waals surface area (Å²) in [5.41, 5.74) is 0. The summed E-state index contributed by atoms with van der Waals surface area (Å²) in [5.74, 6) is -0.544. The van der Waals surface area contributed by atoms with Crippen molar-refractivity contribution in [1.29, 1.82) is 0 Å². The molecule has 0 heterocycles. The number of allylic oxidation sites excluding steroid dienone is 9. The number of ether oxygens (including phenoxy) is 1. The van der Waals surface area contributed by atoms with Gasteiger partial charge in [0.25, 0.3) is 7.82 Å². The molecule has 0 aromatic heterocycles. The molecule has 9 nitrogen and oxygen atoms in total. The number of rotatable bonds is 60. The van der Waals surface area contributed by atoms with Crippen molar-refractivity contribution in [2.75, 3.05) is 40.9 Å². The zero-order chi connectivity index (χ0) is 57.2. The van der Waals surface area contributed by atoms with Gasteiger partial charge in [-0.3, -0.25) is 14.2 Å². The van der Waals surface area contributed by atoms with E-state index in [0.717, 1.165) is 83.5 Å². The Morgan fingerprint density at radius 3 is 1.21 bits per heavy atom. The van der Waals surface area contributed by atoms with Gasteiger partial charge in [-0.05, 0) is 96.0 Å². The van der Waals surface area contributed by atoms with E-state index in [0.29, 0.717) is 17.4 Å². The molecule has 0 aromatic rings. The fraction of sp³-hybridized carbons (Fsp3) is 0.824. The molecule has 3 unspecified atom stereocenters. The number of phosphoric acid groups is 1. The molecular weight excluding hydrogens is 988 g/mol. The molecule has 3 atom stereocenters. The molecular formula is C68H127N2O7P. The van der Waals surface area contributed by atoms with E-state index in [-0.39, 0.29) is 24.9 Å². The summed E-state index contributed by atoms with van der Waals surface area (Å²) in [4.78, 5) is 40.1. The first-order valence-electron chi connectivity index (χ1n) is 33.1. The Kier molecular flexibility index (Phi) is 56.2. The van der Waals surface area contributed by atoms with Crippen molar-refractivity contribution in [3.63, 3.8) is 0 Å². The van der Waals surface area contributed by atoms with Gasteiger partial charge in [-0.15, -0.1) is 0 Å².